The second-order valence-electron chi connectivity index (χ2n) is 5.72. The minimum Gasteiger partial charge on any atom is -0.387 e. The maximum absolute atomic E-state index is 11.7. The van der Waals surface area contributed by atoms with E-state index in [2.05, 4.69) is 20.1 Å². The highest BCUT2D eigenvalue weighted by molar-refractivity contribution is 6.45. The smallest absolute Gasteiger partial charge is 0.246 e. The van der Waals surface area contributed by atoms with E-state index in [1.54, 1.807) is 18.5 Å². The predicted octanol–water partition coefficient (Wildman–Crippen LogP) is 2.89. The van der Waals surface area contributed by atoms with Crippen LogP contribution < -0.4 is 5.32 Å². The van der Waals surface area contributed by atoms with E-state index >= 15 is 0 Å². The molecule has 1 atom stereocenters. The van der Waals surface area contributed by atoms with E-state index in [0.29, 0.717) is 16.6 Å². The lowest BCUT2D eigenvalue weighted by molar-refractivity contribution is -0.124. The number of fused-ring (bicyclic) bond motifs is 3. The zero-order valence-electron chi connectivity index (χ0n) is 12.5. The number of aryl methyl sites for hydroxylation is 1. The van der Waals surface area contributed by atoms with Crippen LogP contribution in [-0.2, 0) is 11.3 Å². The van der Waals surface area contributed by atoms with Crippen molar-refractivity contribution in [2.24, 2.45) is 0 Å². The molecule has 1 aromatic carbocycles. The lowest BCUT2D eigenvalue weighted by atomic mass is 10.0. The van der Waals surface area contributed by atoms with Crippen LogP contribution in [0.1, 0.15) is 18.2 Å². The number of hydrogen-bond donors (Lipinski definition) is 3. The lowest BCUT2D eigenvalue weighted by Gasteiger charge is -2.13. The summed E-state index contributed by atoms with van der Waals surface area (Å²) in [6.07, 6.45) is 4.27. The molecule has 6 nitrogen and oxygen atoms in total. The van der Waals surface area contributed by atoms with Gasteiger partial charge in [-0.1, -0.05) is 29.3 Å². The number of aliphatic hydroxyl groups is 1. The van der Waals surface area contributed by atoms with E-state index < -0.39 is 12.5 Å². The second kappa shape index (κ2) is 5.81. The summed E-state index contributed by atoms with van der Waals surface area (Å²) in [5.41, 5.74) is 3.70. The van der Waals surface area contributed by atoms with Gasteiger partial charge in [-0.3, -0.25) is 9.89 Å². The van der Waals surface area contributed by atoms with Crippen LogP contribution >= 0.6 is 23.2 Å². The van der Waals surface area contributed by atoms with Gasteiger partial charge in [0.1, 0.15) is 6.61 Å². The molecule has 0 aliphatic carbocycles. The van der Waals surface area contributed by atoms with Crippen LogP contribution in [0, 0.1) is 0 Å². The molecule has 1 amide bonds. The Morgan fingerprint density at radius 1 is 1.46 bits per heavy atom. The van der Waals surface area contributed by atoms with Crippen LogP contribution in [0.15, 0.2) is 24.5 Å². The van der Waals surface area contributed by atoms with Crippen molar-refractivity contribution < 1.29 is 9.90 Å². The van der Waals surface area contributed by atoms with E-state index in [1.807, 2.05) is 6.07 Å². The molecule has 0 bridgehead atoms. The number of halogens is 2. The molecule has 3 N–H and O–H groups in total. The van der Waals surface area contributed by atoms with E-state index in [9.17, 15) is 4.79 Å². The Labute approximate surface area is 147 Å². The van der Waals surface area contributed by atoms with Crippen molar-refractivity contribution in [2.75, 3.05) is 6.61 Å². The number of nitrogens with one attached hydrogen (secondary N) is 2. The topological polar surface area (TPSA) is 82.9 Å². The molecule has 0 saturated heterocycles. The molecule has 3 heterocycles. The molecule has 124 valence electrons. The molecule has 3 aromatic rings. The maximum atomic E-state index is 11.7. The standard InChI is InChI=1S/C16H14Cl2N4O2/c17-10-2-1-9-13(8-5-19-20-6-8)16-11(21-12(24)7-23)3-4-22(16)15(9)14(10)18/h1-2,5-6,11,23H,3-4,7H2,(H,19,20)(H,21,24). The van der Waals surface area contributed by atoms with Crippen molar-refractivity contribution in [3.05, 3.63) is 40.3 Å². The molecule has 0 radical (unpaired) electrons. The monoisotopic (exact) mass is 364 g/mol. The number of aliphatic hydroxyl groups excluding tert-OH is 1. The number of aromatic amines is 1. The number of H-pyrrole nitrogens is 1. The summed E-state index contributed by atoms with van der Waals surface area (Å²) in [6.45, 7) is 0.171. The van der Waals surface area contributed by atoms with Gasteiger partial charge in [0.2, 0.25) is 5.91 Å². The van der Waals surface area contributed by atoms with E-state index in [0.717, 1.165) is 34.1 Å². The van der Waals surface area contributed by atoms with Gasteiger partial charge in [-0.2, -0.15) is 5.10 Å². The minimum atomic E-state index is -0.537. The van der Waals surface area contributed by atoms with Gasteiger partial charge in [0, 0.05) is 34.9 Å². The zero-order valence-corrected chi connectivity index (χ0v) is 14.0. The first-order valence-electron chi connectivity index (χ1n) is 7.51. The highest BCUT2D eigenvalue weighted by Crippen LogP contribution is 2.46. The highest BCUT2D eigenvalue weighted by Gasteiger charge is 2.32. The molecule has 2 aromatic heterocycles. The summed E-state index contributed by atoms with van der Waals surface area (Å²) < 4.78 is 2.09. The van der Waals surface area contributed by atoms with Gasteiger partial charge in [0.25, 0.3) is 0 Å². The lowest BCUT2D eigenvalue weighted by Crippen LogP contribution is -2.29. The van der Waals surface area contributed by atoms with Gasteiger partial charge in [0.05, 0.1) is 27.8 Å². The largest absolute Gasteiger partial charge is 0.387 e. The molecule has 0 saturated carbocycles. The Morgan fingerprint density at radius 2 is 2.29 bits per heavy atom. The van der Waals surface area contributed by atoms with Crippen molar-refractivity contribution >= 4 is 40.0 Å². The Morgan fingerprint density at radius 3 is 3.00 bits per heavy atom. The third-order valence-electron chi connectivity index (χ3n) is 4.39. The molecule has 0 fully saturated rings. The molecule has 8 heteroatoms. The molecule has 1 unspecified atom stereocenters. The summed E-state index contributed by atoms with van der Waals surface area (Å²) in [5, 5.41) is 20.7. The fourth-order valence-corrected chi connectivity index (χ4v) is 3.88. The van der Waals surface area contributed by atoms with Gasteiger partial charge in [0.15, 0.2) is 0 Å². The van der Waals surface area contributed by atoms with Gasteiger partial charge < -0.3 is 15.0 Å². The SMILES string of the molecule is O=C(CO)NC1CCn2c1c(-c1cn[nH]c1)c1ccc(Cl)c(Cl)c12. The van der Waals surface area contributed by atoms with Gasteiger partial charge in [-0.15, -0.1) is 0 Å². The van der Waals surface area contributed by atoms with Crippen molar-refractivity contribution in [1.82, 2.24) is 20.1 Å². The Kier molecular flexibility index (Phi) is 3.75. The fraction of sp³-hybridized carbons (Fsp3) is 0.250. The summed E-state index contributed by atoms with van der Waals surface area (Å²) in [4.78, 5) is 11.7. The summed E-state index contributed by atoms with van der Waals surface area (Å²) in [5.74, 6) is -0.402. The highest BCUT2D eigenvalue weighted by atomic mass is 35.5. The first-order valence-corrected chi connectivity index (χ1v) is 8.27. The van der Waals surface area contributed by atoms with E-state index in [-0.39, 0.29) is 6.04 Å². The molecule has 1 aliphatic heterocycles. The van der Waals surface area contributed by atoms with Crippen molar-refractivity contribution in [3.63, 3.8) is 0 Å². The van der Waals surface area contributed by atoms with Crippen LogP contribution in [0.25, 0.3) is 22.0 Å². The number of amides is 1. The van der Waals surface area contributed by atoms with Crippen molar-refractivity contribution in [2.45, 2.75) is 19.0 Å². The Hall–Kier alpha value is -2.02. The molecular formula is C16H14Cl2N4O2. The van der Waals surface area contributed by atoms with E-state index in [1.165, 1.54) is 0 Å². The fourth-order valence-electron chi connectivity index (χ4n) is 3.46. The van der Waals surface area contributed by atoms with Crippen LogP contribution in [-0.4, -0.2) is 32.4 Å². The van der Waals surface area contributed by atoms with Gasteiger partial charge in [-0.25, -0.2) is 0 Å². The normalized spacial score (nSPS) is 16.5. The number of rotatable bonds is 3. The van der Waals surface area contributed by atoms with Crippen LogP contribution in [0.3, 0.4) is 0 Å². The summed E-state index contributed by atoms with van der Waals surface area (Å²) >= 11 is 12.7. The summed E-state index contributed by atoms with van der Waals surface area (Å²) in [7, 11) is 0. The average molecular weight is 365 g/mol. The molecule has 4 rings (SSSR count). The van der Waals surface area contributed by atoms with Crippen molar-refractivity contribution in [3.8, 4) is 11.1 Å². The minimum absolute atomic E-state index is 0.197. The van der Waals surface area contributed by atoms with Gasteiger partial charge in [-0.05, 0) is 12.5 Å². The molecule has 1 aliphatic rings. The van der Waals surface area contributed by atoms with Crippen LogP contribution in [0.4, 0.5) is 0 Å². The number of carbonyl (C=O) groups is 1. The zero-order chi connectivity index (χ0) is 16.8. The first kappa shape index (κ1) is 15.5. The van der Waals surface area contributed by atoms with E-state index in [4.69, 9.17) is 28.3 Å². The number of carbonyl (C=O) groups excluding carboxylic acids is 1. The predicted molar refractivity (Wildman–Crippen MR) is 92.1 cm³/mol. The third-order valence-corrected chi connectivity index (χ3v) is 5.19. The molecule has 24 heavy (non-hydrogen) atoms. The molecular weight excluding hydrogens is 351 g/mol. The maximum Gasteiger partial charge on any atom is 0.246 e. The number of nitrogens with zero attached hydrogens (tertiary/aromatic N) is 2. The van der Waals surface area contributed by atoms with Gasteiger partial charge >= 0.3 is 0 Å². The van der Waals surface area contributed by atoms with Crippen LogP contribution in [0.5, 0.6) is 0 Å². The Balaban J connectivity index is 2.00. The first-order chi connectivity index (χ1) is 11.6. The number of benzene rings is 1. The quantitative estimate of drug-likeness (QED) is 0.668. The number of hydrogen-bond acceptors (Lipinski definition) is 3. The Bertz CT molecular complexity index is 934. The third kappa shape index (κ3) is 2.22. The second-order valence-corrected chi connectivity index (χ2v) is 6.51. The van der Waals surface area contributed by atoms with Crippen molar-refractivity contribution in [1.29, 1.82) is 0 Å². The molecule has 0 spiro atoms. The number of aromatic nitrogens is 3. The van der Waals surface area contributed by atoms with Crippen LogP contribution in [0.2, 0.25) is 10.0 Å². The summed E-state index contributed by atoms with van der Waals surface area (Å²) in [6, 6.07) is 3.51. The average Bonchev–Trinajstić information content (AvgIpc) is 3.27.